The van der Waals surface area contributed by atoms with E-state index < -0.39 is 55.1 Å². The van der Waals surface area contributed by atoms with E-state index in [-0.39, 0.29) is 31.3 Å². The van der Waals surface area contributed by atoms with Gasteiger partial charge in [-0.2, -0.15) is 26.4 Å². The lowest BCUT2D eigenvalue weighted by atomic mass is 9.96. The number of alkyl halides is 3. The van der Waals surface area contributed by atoms with Crippen LogP contribution in [0.25, 0.3) is 0 Å². The number of benzene rings is 1. The zero-order valence-electron chi connectivity index (χ0n) is 24.5. The van der Waals surface area contributed by atoms with Crippen LogP contribution in [0.3, 0.4) is 0 Å². The summed E-state index contributed by atoms with van der Waals surface area (Å²) in [6.45, 7) is 6.78. The highest BCUT2D eigenvalue weighted by atomic mass is 32.2. The summed E-state index contributed by atoms with van der Waals surface area (Å²) >= 11 is 0. The Bertz CT molecular complexity index is 1170. The topological polar surface area (TPSA) is 102 Å². The minimum Gasteiger partial charge on any atom is -0.414 e. The van der Waals surface area contributed by atoms with Gasteiger partial charge in [-0.1, -0.05) is 12.8 Å². The van der Waals surface area contributed by atoms with Crippen molar-refractivity contribution in [3.8, 4) is 0 Å². The van der Waals surface area contributed by atoms with E-state index in [0.29, 0.717) is 12.1 Å². The highest BCUT2D eigenvalue weighted by molar-refractivity contribution is 7.86. The number of amides is 2. The second kappa shape index (κ2) is 13.0. The zero-order valence-corrected chi connectivity index (χ0v) is 25.3. The van der Waals surface area contributed by atoms with Gasteiger partial charge < -0.3 is 15.0 Å². The van der Waals surface area contributed by atoms with Crippen LogP contribution in [0.2, 0.25) is 0 Å². The van der Waals surface area contributed by atoms with Gasteiger partial charge in [0.1, 0.15) is 18.2 Å². The molecule has 0 aromatic heterocycles. The number of ether oxygens (including phenoxy) is 1. The summed E-state index contributed by atoms with van der Waals surface area (Å²) in [5.74, 6) is -0.297. The Kier molecular flexibility index (Phi) is 10.5. The minimum atomic E-state index is -4.61. The molecule has 2 amide bonds. The molecule has 13 heteroatoms. The normalized spacial score (nSPS) is 27.3. The van der Waals surface area contributed by atoms with Gasteiger partial charge in [-0.05, 0) is 90.9 Å². The van der Waals surface area contributed by atoms with E-state index in [4.69, 9.17) is 8.92 Å². The molecule has 2 heterocycles. The van der Waals surface area contributed by atoms with Crippen LogP contribution in [-0.4, -0.2) is 87.3 Å². The Hall–Kier alpha value is -2.22. The van der Waals surface area contributed by atoms with Crippen molar-refractivity contribution in [2.45, 2.75) is 101 Å². The molecule has 0 spiro atoms. The Morgan fingerprint density at radius 1 is 0.976 bits per heavy atom. The van der Waals surface area contributed by atoms with Crippen LogP contribution >= 0.6 is 0 Å². The van der Waals surface area contributed by atoms with Crippen LogP contribution in [0, 0.1) is 0 Å². The maximum absolute atomic E-state index is 13.6. The van der Waals surface area contributed by atoms with Crippen molar-refractivity contribution in [1.82, 2.24) is 10.2 Å². The fourth-order valence-corrected chi connectivity index (χ4v) is 6.47. The molecular weight excluding hydrogens is 563 g/mol. The van der Waals surface area contributed by atoms with Crippen LogP contribution in [0.1, 0.15) is 71.3 Å². The quantitative estimate of drug-likeness (QED) is 0.383. The number of nitrogens with one attached hydrogen (secondary N) is 1. The van der Waals surface area contributed by atoms with Crippen molar-refractivity contribution in [1.29, 1.82) is 0 Å². The van der Waals surface area contributed by atoms with Crippen LogP contribution in [0.4, 0.5) is 18.0 Å². The second-order valence-corrected chi connectivity index (χ2v) is 13.9. The molecular formula is C28H43F3N3O6S+. The van der Waals surface area contributed by atoms with Gasteiger partial charge in [0, 0.05) is 12.5 Å². The van der Waals surface area contributed by atoms with E-state index in [1.807, 2.05) is 0 Å². The fourth-order valence-electron chi connectivity index (χ4n) is 5.38. The number of quaternary nitrogens is 1. The minimum absolute atomic E-state index is 0.0517. The maximum atomic E-state index is 13.6. The lowest BCUT2D eigenvalue weighted by Gasteiger charge is -2.43. The number of hydrogen-bond acceptors (Lipinski definition) is 7. The average molecular weight is 607 g/mol. The van der Waals surface area contributed by atoms with Gasteiger partial charge in [0.15, 0.2) is 6.04 Å². The molecule has 4 unspecified atom stereocenters. The third-order valence-corrected chi connectivity index (χ3v) is 9.05. The molecule has 0 saturated carbocycles. The molecule has 1 N–H and O–H groups in total. The summed E-state index contributed by atoms with van der Waals surface area (Å²) < 4.78 is 75.3. The van der Waals surface area contributed by atoms with Gasteiger partial charge in [0.25, 0.3) is 16.0 Å². The molecule has 3 rings (SSSR count). The molecule has 1 aromatic rings. The highest BCUT2D eigenvalue weighted by Crippen LogP contribution is 2.33. The van der Waals surface area contributed by atoms with Crippen molar-refractivity contribution >= 4 is 22.1 Å². The van der Waals surface area contributed by atoms with Gasteiger partial charge in [0.2, 0.25) is 0 Å². The van der Waals surface area contributed by atoms with E-state index in [1.54, 1.807) is 20.8 Å². The van der Waals surface area contributed by atoms with Gasteiger partial charge in [-0.15, -0.1) is 0 Å². The third kappa shape index (κ3) is 9.13. The van der Waals surface area contributed by atoms with E-state index >= 15 is 0 Å². The van der Waals surface area contributed by atoms with Crippen LogP contribution < -0.4 is 5.32 Å². The Morgan fingerprint density at radius 3 is 2.24 bits per heavy atom. The van der Waals surface area contributed by atoms with Crippen LogP contribution in [0.5, 0.6) is 0 Å². The van der Waals surface area contributed by atoms with Gasteiger partial charge in [-0.25, -0.2) is 4.48 Å². The number of likely N-dealkylation sites (N-methyl/N-ethyl adjacent to an activating group) is 1. The first-order valence-corrected chi connectivity index (χ1v) is 15.5. The summed E-state index contributed by atoms with van der Waals surface area (Å²) in [6, 6.07) is 2.15. The first kappa shape index (κ1) is 33.3. The first-order valence-electron chi connectivity index (χ1n) is 14.1. The molecule has 232 valence electrons. The molecule has 2 fully saturated rings. The number of piperidine rings is 1. The molecule has 9 nitrogen and oxygen atoms in total. The molecule has 41 heavy (non-hydrogen) atoms. The van der Waals surface area contributed by atoms with Crippen molar-refractivity contribution in [3.63, 3.8) is 0 Å². The molecule has 2 aliphatic rings. The van der Waals surface area contributed by atoms with Crippen LogP contribution in [-0.2, 0) is 30.0 Å². The fraction of sp³-hybridized carbons (Fsp3) is 0.714. The molecule has 1 aromatic carbocycles. The molecule has 0 radical (unpaired) electrons. The summed E-state index contributed by atoms with van der Waals surface area (Å²) in [4.78, 5) is 29.0. The summed E-state index contributed by atoms with van der Waals surface area (Å²) in [6.07, 6.45) is -1.22. The summed E-state index contributed by atoms with van der Waals surface area (Å²) in [5, 5.41) is 3.14. The largest absolute Gasteiger partial charge is 0.517 e. The number of likely N-dealkylation sites (tertiary alicyclic amines) is 1. The average Bonchev–Trinajstić information content (AvgIpc) is 2.94. The van der Waals surface area contributed by atoms with Crippen molar-refractivity contribution in [3.05, 3.63) is 29.8 Å². The Labute approximate surface area is 241 Å². The molecule has 2 saturated heterocycles. The first-order chi connectivity index (χ1) is 18.9. The predicted molar refractivity (Wildman–Crippen MR) is 146 cm³/mol. The van der Waals surface area contributed by atoms with E-state index in [0.717, 1.165) is 57.3 Å². The van der Waals surface area contributed by atoms with Crippen molar-refractivity contribution in [2.24, 2.45) is 0 Å². The maximum Gasteiger partial charge on any atom is 0.517 e. The number of carbonyl (C=O) groups excluding carboxylic acids is 2. The van der Waals surface area contributed by atoms with Crippen molar-refractivity contribution in [2.75, 3.05) is 33.7 Å². The zero-order chi connectivity index (χ0) is 30.6. The second-order valence-electron chi connectivity index (χ2n) is 12.4. The predicted octanol–water partition coefficient (Wildman–Crippen LogP) is 4.70. The smallest absolute Gasteiger partial charge is 0.414 e. The monoisotopic (exact) mass is 606 g/mol. The van der Waals surface area contributed by atoms with E-state index in [2.05, 4.69) is 17.3 Å². The summed E-state index contributed by atoms with van der Waals surface area (Å²) in [7, 11) is -0.851. The Morgan fingerprint density at radius 2 is 1.63 bits per heavy atom. The molecule has 2 aliphatic heterocycles. The lowest BCUT2D eigenvalue weighted by molar-refractivity contribution is -0.863. The number of carbonyl (C=O) groups is 2. The number of hydrogen-bond donors (Lipinski definition) is 1. The lowest BCUT2D eigenvalue weighted by Crippen LogP contribution is -2.68. The molecule has 0 aliphatic carbocycles. The van der Waals surface area contributed by atoms with Gasteiger partial charge >= 0.3 is 12.3 Å². The SMILES string of the molecule is CN1CCCCCC(NC(=O)C2CCC(OS(=O)(=O)c3ccc(C(F)(F)F)cc3)C[N+]2(C)C(=O)OC(C)(C)C)CC1. The third-order valence-electron chi connectivity index (χ3n) is 7.68. The highest BCUT2D eigenvalue weighted by Gasteiger charge is 2.53. The van der Waals surface area contributed by atoms with E-state index in [9.17, 15) is 31.2 Å². The number of halogens is 3. The van der Waals surface area contributed by atoms with Gasteiger partial charge in [0.05, 0.1) is 17.5 Å². The van der Waals surface area contributed by atoms with E-state index in [1.165, 1.54) is 7.05 Å². The standard InChI is InChI=1S/C28H42F3N3O6S/c1-27(2,3)39-26(36)34(5)19-22(40-41(37,38)23-13-10-20(11-14-23)28(29,30)31)12-15-24(34)25(35)32-21-9-7-6-8-17-33(4)18-16-21/h10-11,13-14,21-22,24H,6-9,12,15-19H2,1-5H3/p+1. The van der Waals surface area contributed by atoms with Gasteiger partial charge in [-0.3, -0.25) is 8.98 Å². The summed E-state index contributed by atoms with van der Waals surface area (Å²) in [5.41, 5.74) is -1.84. The number of rotatable bonds is 5. The number of nitrogens with zero attached hydrogens (tertiary/aromatic N) is 2. The van der Waals surface area contributed by atoms with Crippen LogP contribution in [0.15, 0.2) is 29.2 Å². The molecule has 4 atom stereocenters. The Balaban J connectivity index is 1.80. The van der Waals surface area contributed by atoms with Crippen molar-refractivity contribution < 1.29 is 44.6 Å². The molecule has 0 bridgehead atoms.